The largest absolute Gasteiger partial charge is 0.316 e. The predicted octanol–water partition coefficient (Wildman–Crippen LogP) is -0.913. The second kappa shape index (κ2) is 3.02. The minimum atomic E-state index is 0.632. The van der Waals surface area contributed by atoms with Gasteiger partial charge >= 0.3 is 0 Å². The average molecular weight is 114 g/mol. The van der Waals surface area contributed by atoms with Gasteiger partial charge in [-0.15, -0.1) is 0 Å². The maximum absolute atomic E-state index is 3.99. The third-order valence-electron chi connectivity index (χ3n) is 1.45. The third kappa shape index (κ3) is 1.43. The minimum absolute atomic E-state index is 0.632. The fraction of sp³-hybridized carbons (Fsp3) is 1.00. The van der Waals surface area contributed by atoms with Crippen LogP contribution in [0.3, 0.4) is 0 Å². The molecule has 0 aliphatic carbocycles. The summed E-state index contributed by atoms with van der Waals surface area (Å²) in [5.74, 6) is 0. The number of rotatable bonds is 1. The van der Waals surface area contributed by atoms with E-state index < -0.39 is 0 Å². The normalized spacial score (nSPS) is 30.4. The Hall–Kier alpha value is -0.120. The van der Waals surface area contributed by atoms with Gasteiger partial charge in [-0.3, -0.25) is 0 Å². The highest BCUT2D eigenvalue weighted by atomic mass is 15.4. The lowest BCUT2D eigenvalue weighted by Gasteiger charge is -2.20. The number of hydrogen-bond donors (Lipinski definition) is 2. The monoisotopic (exact) mass is 114 g/mol. The fourth-order valence-corrected chi connectivity index (χ4v) is 0.823. The molecule has 1 heterocycles. The Labute approximate surface area is 49.8 Å². The SMILES string of the molecule is CNC1CC[N]NC1. The predicted molar refractivity (Wildman–Crippen MR) is 32.5 cm³/mol. The Morgan fingerprint density at radius 2 is 2.62 bits per heavy atom. The van der Waals surface area contributed by atoms with Crippen LogP contribution in [0.4, 0.5) is 0 Å². The second-order valence-corrected chi connectivity index (χ2v) is 2.02. The van der Waals surface area contributed by atoms with Crippen LogP contribution in [0.2, 0.25) is 0 Å². The molecule has 1 radical (unpaired) electrons. The molecule has 1 atom stereocenters. The van der Waals surface area contributed by atoms with Crippen LogP contribution in [-0.4, -0.2) is 26.2 Å². The highest BCUT2D eigenvalue weighted by Gasteiger charge is 2.09. The first-order valence-corrected chi connectivity index (χ1v) is 3.00. The smallest absolute Gasteiger partial charge is 0.0319 e. The molecule has 0 amide bonds. The van der Waals surface area contributed by atoms with Gasteiger partial charge in [0.2, 0.25) is 0 Å². The molecule has 1 aliphatic rings. The first-order chi connectivity index (χ1) is 3.93. The van der Waals surface area contributed by atoms with E-state index >= 15 is 0 Å². The molecule has 0 aromatic rings. The standard InChI is InChI=1S/C5H12N3/c1-6-5-2-3-7-8-4-5/h5-6,8H,2-4H2,1H3. The summed E-state index contributed by atoms with van der Waals surface area (Å²) in [7, 11) is 1.98. The van der Waals surface area contributed by atoms with Crippen LogP contribution in [0.25, 0.3) is 0 Å². The van der Waals surface area contributed by atoms with Crippen LogP contribution in [-0.2, 0) is 0 Å². The molecular weight excluding hydrogens is 102 g/mol. The van der Waals surface area contributed by atoms with Gasteiger partial charge in [-0.25, -0.2) is 5.43 Å². The van der Waals surface area contributed by atoms with Crippen molar-refractivity contribution >= 4 is 0 Å². The van der Waals surface area contributed by atoms with E-state index in [1.807, 2.05) is 7.05 Å². The topological polar surface area (TPSA) is 38.2 Å². The Bertz CT molecular complexity index is 58.7. The number of hydrogen-bond acceptors (Lipinski definition) is 2. The first kappa shape index (κ1) is 6.01. The van der Waals surface area contributed by atoms with Gasteiger partial charge in [-0.1, -0.05) is 0 Å². The molecular formula is C5H12N3. The van der Waals surface area contributed by atoms with E-state index in [-0.39, 0.29) is 0 Å². The van der Waals surface area contributed by atoms with E-state index in [1.165, 1.54) is 6.42 Å². The lowest BCUT2D eigenvalue weighted by Crippen LogP contribution is -2.46. The third-order valence-corrected chi connectivity index (χ3v) is 1.45. The van der Waals surface area contributed by atoms with E-state index in [2.05, 4.69) is 16.2 Å². The maximum Gasteiger partial charge on any atom is 0.0319 e. The van der Waals surface area contributed by atoms with Crippen molar-refractivity contribution in [2.45, 2.75) is 12.5 Å². The number of nitrogens with zero attached hydrogens (tertiary/aromatic N) is 1. The van der Waals surface area contributed by atoms with Crippen LogP contribution >= 0.6 is 0 Å². The van der Waals surface area contributed by atoms with Crippen molar-refractivity contribution in [1.82, 2.24) is 16.2 Å². The minimum Gasteiger partial charge on any atom is -0.316 e. The molecule has 2 N–H and O–H groups in total. The Kier molecular flexibility index (Phi) is 2.27. The van der Waals surface area contributed by atoms with Gasteiger partial charge < -0.3 is 5.32 Å². The van der Waals surface area contributed by atoms with Crippen molar-refractivity contribution in [1.29, 1.82) is 0 Å². The van der Waals surface area contributed by atoms with Crippen LogP contribution in [0.5, 0.6) is 0 Å². The van der Waals surface area contributed by atoms with Crippen molar-refractivity contribution in [3.63, 3.8) is 0 Å². The zero-order valence-electron chi connectivity index (χ0n) is 5.15. The summed E-state index contributed by atoms with van der Waals surface area (Å²) in [4.78, 5) is 0. The van der Waals surface area contributed by atoms with Crippen molar-refractivity contribution in [2.75, 3.05) is 20.1 Å². The molecule has 0 bridgehead atoms. The zero-order valence-corrected chi connectivity index (χ0v) is 5.15. The summed E-state index contributed by atoms with van der Waals surface area (Å²) < 4.78 is 0. The summed E-state index contributed by atoms with van der Waals surface area (Å²) in [5.41, 5.74) is 6.93. The summed E-state index contributed by atoms with van der Waals surface area (Å²) >= 11 is 0. The molecule has 0 spiro atoms. The summed E-state index contributed by atoms with van der Waals surface area (Å²) in [6.07, 6.45) is 1.17. The van der Waals surface area contributed by atoms with Gasteiger partial charge in [0.25, 0.3) is 0 Å². The van der Waals surface area contributed by atoms with Crippen LogP contribution in [0.15, 0.2) is 0 Å². The van der Waals surface area contributed by atoms with E-state index in [0.717, 1.165) is 13.1 Å². The van der Waals surface area contributed by atoms with Gasteiger partial charge in [-0.05, 0) is 13.5 Å². The highest BCUT2D eigenvalue weighted by molar-refractivity contribution is 4.70. The van der Waals surface area contributed by atoms with Crippen molar-refractivity contribution in [3.8, 4) is 0 Å². The van der Waals surface area contributed by atoms with E-state index in [4.69, 9.17) is 0 Å². The van der Waals surface area contributed by atoms with Crippen molar-refractivity contribution < 1.29 is 0 Å². The molecule has 1 aliphatic heterocycles. The van der Waals surface area contributed by atoms with E-state index in [9.17, 15) is 0 Å². The first-order valence-electron chi connectivity index (χ1n) is 3.00. The summed E-state index contributed by atoms with van der Waals surface area (Å²) in [6, 6.07) is 0.632. The van der Waals surface area contributed by atoms with Gasteiger partial charge in [0.15, 0.2) is 0 Å². The quantitative estimate of drug-likeness (QED) is 0.463. The highest BCUT2D eigenvalue weighted by Crippen LogP contribution is 1.91. The molecule has 1 fully saturated rings. The molecule has 1 unspecified atom stereocenters. The average Bonchev–Trinajstić information content (AvgIpc) is 1.90. The van der Waals surface area contributed by atoms with Crippen LogP contribution in [0, 0.1) is 0 Å². The van der Waals surface area contributed by atoms with E-state index in [1.54, 1.807) is 0 Å². The second-order valence-electron chi connectivity index (χ2n) is 2.02. The zero-order chi connectivity index (χ0) is 5.82. The molecule has 0 aromatic carbocycles. The van der Waals surface area contributed by atoms with Gasteiger partial charge in [0, 0.05) is 19.1 Å². The maximum atomic E-state index is 3.99. The molecule has 0 saturated carbocycles. The Balaban J connectivity index is 2.13. The molecule has 3 heteroatoms. The van der Waals surface area contributed by atoms with Gasteiger partial charge in [-0.2, -0.15) is 5.43 Å². The van der Waals surface area contributed by atoms with Crippen molar-refractivity contribution in [3.05, 3.63) is 0 Å². The lowest BCUT2D eigenvalue weighted by molar-refractivity contribution is 0.359. The van der Waals surface area contributed by atoms with Crippen molar-refractivity contribution in [2.24, 2.45) is 0 Å². The molecule has 3 nitrogen and oxygen atoms in total. The molecule has 0 aromatic heterocycles. The lowest BCUT2D eigenvalue weighted by atomic mass is 10.2. The van der Waals surface area contributed by atoms with Gasteiger partial charge in [0.05, 0.1) is 0 Å². The molecule has 1 saturated heterocycles. The number of nitrogens with one attached hydrogen (secondary N) is 2. The summed E-state index contributed by atoms with van der Waals surface area (Å²) in [6.45, 7) is 1.93. The summed E-state index contributed by atoms with van der Waals surface area (Å²) in [5, 5.41) is 3.18. The van der Waals surface area contributed by atoms with Crippen LogP contribution < -0.4 is 16.2 Å². The Morgan fingerprint density at radius 1 is 1.75 bits per heavy atom. The molecule has 8 heavy (non-hydrogen) atoms. The van der Waals surface area contributed by atoms with Crippen LogP contribution in [0.1, 0.15) is 6.42 Å². The number of likely N-dealkylation sites (N-methyl/N-ethyl adjacent to an activating group) is 1. The van der Waals surface area contributed by atoms with E-state index in [0.29, 0.717) is 6.04 Å². The van der Waals surface area contributed by atoms with Gasteiger partial charge in [0.1, 0.15) is 0 Å². The Morgan fingerprint density at radius 3 is 3.00 bits per heavy atom. The fourth-order valence-electron chi connectivity index (χ4n) is 0.823. The molecule has 1 rings (SSSR count). The molecule has 47 valence electrons.